The molecular weight excluding hydrogens is 192 g/mol. The molecule has 0 bridgehead atoms. The summed E-state index contributed by atoms with van der Waals surface area (Å²) in [5.41, 5.74) is 0.539. The van der Waals surface area contributed by atoms with Gasteiger partial charge < -0.3 is 5.11 Å². The van der Waals surface area contributed by atoms with Gasteiger partial charge in [-0.1, -0.05) is 26.7 Å². The largest absolute Gasteiger partial charge is 0.385 e. The lowest BCUT2D eigenvalue weighted by molar-refractivity contribution is 0.0173. The first-order valence-electron chi connectivity index (χ1n) is 5.40. The van der Waals surface area contributed by atoms with Gasteiger partial charge >= 0.3 is 0 Å². The predicted octanol–water partition coefficient (Wildman–Crippen LogP) is 3.84. The molecule has 0 radical (unpaired) electrons. The molecule has 0 saturated carbocycles. The highest BCUT2D eigenvalue weighted by Crippen LogP contribution is 2.33. The number of thiophene rings is 1. The van der Waals surface area contributed by atoms with Crippen molar-refractivity contribution in [2.45, 2.75) is 52.1 Å². The average molecular weight is 212 g/mol. The van der Waals surface area contributed by atoms with Crippen LogP contribution in [0.15, 0.2) is 11.4 Å². The topological polar surface area (TPSA) is 20.2 Å². The summed E-state index contributed by atoms with van der Waals surface area (Å²) in [6.45, 7) is 6.34. The summed E-state index contributed by atoms with van der Waals surface area (Å²) in [7, 11) is 0. The van der Waals surface area contributed by atoms with Gasteiger partial charge in [-0.15, -0.1) is 11.3 Å². The maximum atomic E-state index is 10.5. The molecule has 0 saturated heterocycles. The smallest absolute Gasteiger partial charge is 0.0904 e. The third kappa shape index (κ3) is 2.58. The van der Waals surface area contributed by atoms with Gasteiger partial charge in [-0.25, -0.2) is 0 Å². The van der Waals surface area contributed by atoms with Gasteiger partial charge in [0.1, 0.15) is 0 Å². The van der Waals surface area contributed by atoms with E-state index in [-0.39, 0.29) is 0 Å². The van der Waals surface area contributed by atoms with Crippen molar-refractivity contribution in [3.8, 4) is 0 Å². The second-order valence-electron chi connectivity index (χ2n) is 3.98. The summed E-state index contributed by atoms with van der Waals surface area (Å²) in [5.74, 6) is 0. The molecule has 1 aromatic heterocycles. The molecular formula is C12H20OS. The van der Waals surface area contributed by atoms with Gasteiger partial charge in [0.2, 0.25) is 0 Å². The van der Waals surface area contributed by atoms with Gasteiger partial charge in [0.15, 0.2) is 0 Å². The van der Waals surface area contributed by atoms with Crippen LogP contribution in [0.25, 0.3) is 0 Å². The summed E-state index contributed by atoms with van der Waals surface area (Å²) in [5, 5.41) is 12.6. The Morgan fingerprint density at radius 2 is 1.86 bits per heavy atom. The Bertz CT molecular complexity index is 272. The maximum Gasteiger partial charge on any atom is 0.0904 e. The molecule has 1 aromatic rings. The van der Waals surface area contributed by atoms with E-state index in [4.69, 9.17) is 0 Å². The van der Waals surface area contributed by atoms with Gasteiger partial charge in [-0.05, 0) is 36.8 Å². The molecule has 0 atom stereocenters. The highest BCUT2D eigenvalue weighted by Gasteiger charge is 2.27. The SMILES string of the molecule is CCCC(O)(CCC)c1csc(C)c1. The second kappa shape index (κ2) is 4.94. The Labute approximate surface area is 90.8 Å². The quantitative estimate of drug-likeness (QED) is 0.786. The van der Waals surface area contributed by atoms with Gasteiger partial charge in [-0.3, -0.25) is 0 Å². The number of rotatable bonds is 5. The third-order valence-corrected chi connectivity index (χ3v) is 3.46. The van der Waals surface area contributed by atoms with Crippen molar-refractivity contribution in [2.75, 3.05) is 0 Å². The molecule has 0 unspecified atom stereocenters. The molecule has 1 heterocycles. The monoisotopic (exact) mass is 212 g/mol. The molecule has 80 valence electrons. The van der Waals surface area contributed by atoms with Crippen LogP contribution in [0.1, 0.15) is 50.0 Å². The minimum absolute atomic E-state index is 0.575. The van der Waals surface area contributed by atoms with E-state index in [0.29, 0.717) is 0 Å². The van der Waals surface area contributed by atoms with Crippen molar-refractivity contribution in [1.29, 1.82) is 0 Å². The Morgan fingerprint density at radius 3 is 2.21 bits per heavy atom. The van der Waals surface area contributed by atoms with E-state index in [1.54, 1.807) is 11.3 Å². The number of hydrogen-bond acceptors (Lipinski definition) is 2. The van der Waals surface area contributed by atoms with Crippen LogP contribution in [0.3, 0.4) is 0 Å². The number of hydrogen-bond donors (Lipinski definition) is 1. The van der Waals surface area contributed by atoms with Crippen LogP contribution in [0.5, 0.6) is 0 Å². The van der Waals surface area contributed by atoms with Gasteiger partial charge in [0, 0.05) is 4.88 Å². The lowest BCUT2D eigenvalue weighted by Gasteiger charge is -2.26. The summed E-state index contributed by atoms with van der Waals surface area (Å²) < 4.78 is 0. The molecule has 0 aliphatic heterocycles. The average Bonchev–Trinajstić information content (AvgIpc) is 2.53. The molecule has 0 fully saturated rings. The molecule has 1 N–H and O–H groups in total. The maximum absolute atomic E-state index is 10.5. The molecule has 0 spiro atoms. The summed E-state index contributed by atoms with van der Waals surface area (Å²) in [6, 6.07) is 2.12. The van der Waals surface area contributed by atoms with Gasteiger partial charge in [0.25, 0.3) is 0 Å². The zero-order chi connectivity index (χ0) is 10.6. The lowest BCUT2D eigenvalue weighted by Crippen LogP contribution is -2.24. The van der Waals surface area contributed by atoms with Crippen LogP contribution < -0.4 is 0 Å². The predicted molar refractivity (Wildman–Crippen MR) is 62.8 cm³/mol. The number of aliphatic hydroxyl groups is 1. The normalized spacial score (nSPS) is 12.0. The molecule has 0 aromatic carbocycles. The molecule has 0 amide bonds. The fourth-order valence-electron chi connectivity index (χ4n) is 1.93. The van der Waals surface area contributed by atoms with Crippen LogP contribution in [-0.2, 0) is 5.60 Å². The van der Waals surface area contributed by atoms with Crippen LogP contribution in [0.2, 0.25) is 0 Å². The fraction of sp³-hybridized carbons (Fsp3) is 0.667. The first-order valence-corrected chi connectivity index (χ1v) is 6.28. The van der Waals surface area contributed by atoms with Gasteiger partial charge in [0.05, 0.1) is 5.60 Å². The zero-order valence-corrected chi connectivity index (χ0v) is 10.2. The van der Waals surface area contributed by atoms with Crippen molar-refractivity contribution in [1.82, 2.24) is 0 Å². The third-order valence-electron chi connectivity index (χ3n) is 2.60. The minimum Gasteiger partial charge on any atom is -0.385 e. The molecule has 1 nitrogen and oxygen atoms in total. The second-order valence-corrected chi connectivity index (χ2v) is 5.09. The summed E-state index contributed by atoms with van der Waals surface area (Å²) >= 11 is 1.72. The van der Waals surface area contributed by atoms with Crippen LogP contribution >= 0.6 is 11.3 Å². The van der Waals surface area contributed by atoms with E-state index in [1.165, 1.54) is 4.88 Å². The fourth-order valence-corrected chi connectivity index (χ4v) is 2.72. The van der Waals surface area contributed by atoms with Crippen molar-refractivity contribution in [3.63, 3.8) is 0 Å². The molecule has 1 rings (SSSR count). The number of aryl methyl sites for hydroxylation is 1. The van der Waals surface area contributed by atoms with Crippen molar-refractivity contribution in [3.05, 3.63) is 21.9 Å². The standard InChI is InChI=1S/C12H20OS/c1-4-6-12(13,7-5-2)11-8-10(3)14-9-11/h8-9,13H,4-7H2,1-3H3. The Hall–Kier alpha value is -0.340. The first-order chi connectivity index (χ1) is 6.62. The van der Waals surface area contributed by atoms with Crippen molar-refractivity contribution >= 4 is 11.3 Å². The van der Waals surface area contributed by atoms with E-state index in [0.717, 1.165) is 31.2 Å². The highest BCUT2D eigenvalue weighted by atomic mass is 32.1. The first kappa shape index (κ1) is 11.7. The van der Waals surface area contributed by atoms with Crippen LogP contribution in [0.4, 0.5) is 0 Å². The van der Waals surface area contributed by atoms with Crippen molar-refractivity contribution < 1.29 is 5.11 Å². The van der Waals surface area contributed by atoms with E-state index in [1.807, 2.05) is 0 Å². The van der Waals surface area contributed by atoms with Crippen LogP contribution in [-0.4, -0.2) is 5.11 Å². The van der Waals surface area contributed by atoms with E-state index >= 15 is 0 Å². The summed E-state index contributed by atoms with van der Waals surface area (Å²) in [4.78, 5) is 1.28. The molecule has 2 heteroatoms. The summed E-state index contributed by atoms with van der Waals surface area (Å²) in [6.07, 6.45) is 3.81. The lowest BCUT2D eigenvalue weighted by atomic mass is 9.87. The van der Waals surface area contributed by atoms with E-state index in [2.05, 4.69) is 32.2 Å². The molecule has 0 aliphatic rings. The van der Waals surface area contributed by atoms with E-state index in [9.17, 15) is 5.11 Å². The Balaban J connectivity index is 2.86. The van der Waals surface area contributed by atoms with Gasteiger partial charge in [-0.2, -0.15) is 0 Å². The molecule has 14 heavy (non-hydrogen) atoms. The van der Waals surface area contributed by atoms with Crippen molar-refractivity contribution in [2.24, 2.45) is 0 Å². The Morgan fingerprint density at radius 1 is 1.29 bits per heavy atom. The van der Waals surface area contributed by atoms with Crippen LogP contribution in [0, 0.1) is 6.92 Å². The highest BCUT2D eigenvalue weighted by molar-refractivity contribution is 7.10. The molecule has 0 aliphatic carbocycles. The zero-order valence-electron chi connectivity index (χ0n) is 9.34. The minimum atomic E-state index is -0.575. The van der Waals surface area contributed by atoms with E-state index < -0.39 is 5.60 Å². The Kier molecular flexibility index (Phi) is 4.14.